The fourth-order valence-electron chi connectivity index (χ4n) is 2.51. The molecule has 0 atom stereocenters. The third-order valence-corrected chi connectivity index (χ3v) is 4.14. The van der Waals surface area contributed by atoms with E-state index in [9.17, 15) is 9.18 Å². The van der Waals surface area contributed by atoms with Gasteiger partial charge >= 0.3 is 0 Å². The summed E-state index contributed by atoms with van der Waals surface area (Å²) in [4.78, 5) is 19.9. The summed E-state index contributed by atoms with van der Waals surface area (Å²) in [6, 6.07) is 14.1. The molecule has 0 fully saturated rings. The molecule has 2 rings (SSSR count). The van der Waals surface area contributed by atoms with E-state index in [0.717, 1.165) is 16.9 Å². The molecule has 0 aliphatic heterocycles. The van der Waals surface area contributed by atoms with Crippen LogP contribution in [0, 0.1) is 5.82 Å². The van der Waals surface area contributed by atoms with E-state index in [0.29, 0.717) is 19.0 Å². The number of amides is 1. The van der Waals surface area contributed by atoms with Crippen LogP contribution in [0.1, 0.15) is 11.1 Å². The van der Waals surface area contributed by atoms with E-state index >= 15 is 0 Å². The van der Waals surface area contributed by atoms with Gasteiger partial charge in [0.1, 0.15) is 11.6 Å². The summed E-state index contributed by atoms with van der Waals surface area (Å²) in [5.41, 5.74) is 1.83. The Morgan fingerprint density at radius 2 is 1.82 bits per heavy atom. The number of hydrogen-bond acceptors (Lipinski definition) is 3. The second kappa shape index (κ2) is 10.3. The van der Waals surface area contributed by atoms with Gasteiger partial charge in [-0.3, -0.25) is 4.79 Å². The molecule has 7 heteroatoms. The van der Waals surface area contributed by atoms with Crippen molar-refractivity contribution in [1.82, 2.24) is 15.1 Å². The van der Waals surface area contributed by atoms with Crippen molar-refractivity contribution >= 4 is 11.9 Å². The molecule has 0 aliphatic carbocycles. The molecule has 1 amide bonds. The molecule has 0 bridgehead atoms. The molecule has 2 aromatic rings. The van der Waals surface area contributed by atoms with Gasteiger partial charge in [-0.2, -0.15) is 0 Å². The minimum absolute atomic E-state index is 0.0590. The van der Waals surface area contributed by atoms with Gasteiger partial charge in [0, 0.05) is 27.7 Å². The van der Waals surface area contributed by atoms with E-state index < -0.39 is 0 Å². The Morgan fingerprint density at radius 3 is 2.43 bits per heavy atom. The summed E-state index contributed by atoms with van der Waals surface area (Å²) in [5, 5.41) is 3.09. The van der Waals surface area contributed by atoms with Crippen LogP contribution in [-0.2, 0) is 17.9 Å². The number of carbonyl (C=O) groups is 1. The largest absolute Gasteiger partial charge is 0.497 e. The van der Waals surface area contributed by atoms with E-state index in [4.69, 9.17) is 4.74 Å². The number of halogens is 1. The Hall–Kier alpha value is -3.09. The Balaban J connectivity index is 2.12. The number of carbonyl (C=O) groups excluding carboxylic acids is 1. The minimum atomic E-state index is -0.279. The zero-order valence-electron chi connectivity index (χ0n) is 16.8. The smallest absolute Gasteiger partial charge is 0.241 e. The molecular weight excluding hydrogens is 359 g/mol. The van der Waals surface area contributed by atoms with Crippen LogP contribution in [0.2, 0.25) is 0 Å². The number of ether oxygens (including phenoxy) is 1. The van der Waals surface area contributed by atoms with Gasteiger partial charge in [0.2, 0.25) is 5.91 Å². The lowest BCUT2D eigenvalue weighted by atomic mass is 10.2. The third kappa shape index (κ3) is 6.57. The number of nitrogens with zero attached hydrogens (tertiary/aromatic N) is 3. The average Bonchev–Trinajstić information content (AvgIpc) is 2.68. The van der Waals surface area contributed by atoms with E-state index in [1.54, 1.807) is 27.3 Å². The number of guanidine groups is 1. The Bertz CT molecular complexity index is 806. The van der Waals surface area contributed by atoms with Gasteiger partial charge in [-0.05, 0) is 35.4 Å². The first kappa shape index (κ1) is 21.2. The molecule has 0 saturated carbocycles. The highest BCUT2D eigenvalue weighted by atomic mass is 19.1. The molecule has 0 saturated heterocycles. The van der Waals surface area contributed by atoms with E-state index in [1.807, 2.05) is 42.3 Å². The predicted octanol–water partition coefficient (Wildman–Crippen LogP) is 2.50. The van der Waals surface area contributed by atoms with Crippen LogP contribution >= 0.6 is 0 Å². The molecule has 1 N–H and O–H groups in total. The van der Waals surface area contributed by atoms with Crippen LogP contribution < -0.4 is 10.1 Å². The first-order chi connectivity index (χ1) is 13.4. The van der Waals surface area contributed by atoms with Crippen LogP contribution in [-0.4, -0.2) is 56.5 Å². The van der Waals surface area contributed by atoms with Crippen LogP contribution in [0.15, 0.2) is 53.5 Å². The predicted molar refractivity (Wildman–Crippen MR) is 109 cm³/mol. The number of likely N-dealkylation sites (N-methyl/N-ethyl adjacent to an activating group) is 1. The molecule has 0 radical (unpaired) electrons. The monoisotopic (exact) mass is 386 g/mol. The van der Waals surface area contributed by atoms with Crippen molar-refractivity contribution in [1.29, 1.82) is 0 Å². The number of nitrogens with one attached hydrogen (secondary N) is 1. The maximum absolute atomic E-state index is 13.5. The van der Waals surface area contributed by atoms with Crippen molar-refractivity contribution in [2.24, 2.45) is 4.99 Å². The normalized spacial score (nSPS) is 11.1. The second-order valence-electron chi connectivity index (χ2n) is 6.62. The van der Waals surface area contributed by atoms with Crippen molar-refractivity contribution in [3.05, 3.63) is 65.5 Å². The maximum Gasteiger partial charge on any atom is 0.241 e. The summed E-state index contributed by atoms with van der Waals surface area (Å²) in [7, 11) is 6.88. The molecule has 0 aromatic heterocycles. The number of benzene rings is 2. The van der Waals surface area contributed by atoms with Gasteiger partial charge in [-0.1, -0.05) is 24.3 Å². The van der Waals surface area contributed by atoms with Gasteiger partial charge in [-0.15, -0.1) is 0 Å². The van der Waals surface area contributed by atoms with Crippen molar-refractivity contribution < 1.29 is 13.9 Å². The maximum atomic E-state index is 13.5. The quantitative estimate of drug-likeness (QED) is 0.587. The number of rotatable bonds is 7. The highest BCUT2D eigenvalue weighted by molar-refractivity contribution is 5.86. The highest BCUT2D eigenvalue weighted by Crippen LogP contribution is 2.12. The van der Waals surface area contributed by atoms with Gasteiger partial charge in [0.25, 0.3) is 0 Å². The van der Waals surface area contributed by atoms with E-state index in [-0.39, 0.29) is 18.3 Å². The SMILES string of the molecule is COc1ccc(CN=C(NCC(=O)N(C)C)N(C)Cc2cccc(F)c2)cc1. The average molecular weight is 386 g/mol. The molecule has 6 nitrogen and oxygen atoms in total. The van der Waals surface area contributed by atoms with Gasteiger partial charge in [-0.25, -0.2) is 9.38 Å². The zero-order chi connectivity index (χ0) is 20.5. The molecule has 0 spiro atoms. The summed E-state index contributed by atoms with van der Waals surface area (Å²) in [5.74, 6) is 1.01. The molecule has 0 heterocycles. The lowest BCUT2D eigenvalue weighted by Gasteiger charge is -2.23. The first-order valence-corrected chi connectivity index (χ1v) is 8.96. The molecule has 0 aliphatic rings. The summed E-state index contributed by atoms with van der Waals surface area (Å²) >= 11 is 0. The van der Waals surface area contributed by atoms with Crippen molar-refractivity contribution in [3.8, 4) is 5.75 Å². The van der Waals surface area contributed by atoms with Crippen molar-refractivity contribution in [2.45, 2.75) is 13.1 Å². The highest BCUT2D eigenvalue weighted by Gasteiger charge is 2.11. The van der Waals surface area contributed by atoms with E-state index in [1.165, 1.54) is 17.0 Å². The number of aliphatic imine (C=N–C) groups is 1. The fraction of sp³-hybridized carbons (Fsp3) is 0.333. The van der Waals surface area contributed by atoms with Crippen LogP contribution in [0.4, 0.5) is 4.39 Å². The summed E-state index contributed by atoms with van der Waals surface area (Å²) < 4.78 is 18.6. The van der Waals surface area contributed by atoms with Crippen molar-refractivity contribution in [3.63, 3.8) is 0 Å². The zero-order valence-corrected chi connectivity index (χ0v) is 16.8. The van der Waals surface area contributed by atoms with Gasteiger partial charge in [0.15, 0.2) is 5.96 Å². The standard InChI is InChI=1S/C21H27FN4O2/c1-25(2)20(27)14-24-21(23-13-16-8-10-19(28-4)11-9-16)26(3)15-17-6-5-7-18(22)12-17/h5-12H,13-15H2,1-4H3,(H,23,24). The van der Waals surface area contributed by atoms with Crippen LogP contribution in [0.5, 0.6) is 5.75 Å². The van der Waals surface area contributed by atoms with Crippen LogP contribution in [0.25, 0.3) is 0 Å². The molecular formula is C21H27FN4O2. The lowest BCUT2D eigenvalue weighted by Crippen LogP contribution is -2.43. The topological polar surface area (TPSA) is 57.2 Å². The summed E-state index contributed by atoms with van der Waals surface area (Å²) in [6.45, 7) is 1.03. The van der Waals surface area contributed by atoms with Crippen LogP contribution in [0.3, 0.4) is 0 Å². The first-order valence-electron chi connectivity index (χ1n) is 8.96. The second-order valence-corrected chi connectivity index (χ2v) is 6.62. The molecule has 2 aromatic carbocycles. The molecule has 150 valence electrons. The Kier molecular flexibility index (Phi) is 7.80. The van der Waals surface area contributed by atoms with Crippen molar-refractivity contribution in [2.75, 3.05) is 34.8 Å². The molecule has 28 heavy (non-hydrogen) atoms. The summed E-state index contributed by atoms with van der Waals surface area (Å²) in [6.07, 6.45) is 0. The Morgan fingerprint density at radius 1 is 1.11 bits per heavy atom. The fourth-order valence-corrected chi connectivity index (χ4v) is 2.51. The lowest BCUT2D eigenvalue weighted by molar-refractivity contribution is -0.127. The van der Waals surface area contributed by atoms with E-state index in [2.05, 4.69) is 10.3 Å². The molecule has 0 unspecified atom stereocenters. The van der Waals surface area contributed by atoms with Gasteiger partial charge < -0.3 is 19.9 Å². The van der Waals surface area contributed by atoms with Gasteiger partial charge in [0.05, 0.1) is 20.2 Å². The Labute approximate surface area is 165 Å². The number of hydrogen-bond donors (Lipinski definition) is 1. The minimum Gasteiger partial charge on any atom is -0.497 e. The third-order valence-electron chi connectivity index (χ3n) is 4.14. The number of methoxy groups -OCH3 is 1.